The summed E-state index contributed by atoms with van der Waals surface area (Å²) in [5.74, 6) is -0.0800. The number of hydrogen-bond acceptors (Lipinski definition) is 7. The van der Waals surface area contributed by atoms with Crippen LogP contribution in [0.3, 0.4) is 0 Å². The molecule has 1 aliphatic carbocycles. The molecule has 0 saturated heterocycles. The van der Waals surface area contributed by atoms with Crippen molar-refractivity contribution in [1.82, 2.24) is 0 Å². The molecule has 1 aliphatic heterocycles. The van der Waals surface area contributed by atoms with Gasteiger partial charge in [0.25, 0.3) is 0 Å². The van der Waals surface area contributed by atoms with E-state index in [9.17, 15) is 25.1 Å². The van der Waals surface area contributed by atoms with Crippen molar-refractivity contribution in [3.8, 4) is 6.07 Å². The topological polar surface area (TPSA) is 108 Å². The molecule has 0 unspecified atom stereocenters. The highest BCUT2D eigenvalue weighted by molar-refractivity contribution is 8.14. The smallest absolute Gasteiger partial charge is 0.308 e. The van der Waals surface area contributed by atoms with E-state index in [-0.39, 0.29) is 40.5 Å². The maximum Gasteiger partial charge on any atom is 0.308 e. The van der Waals surface area contributed by atoms with Crippen molar-refractivity contribution >= 4 is 22.8 Å². The molecule has 0 aromatic carbocycles. The summed E-state index contributed by atoms with van der Waals surface area (Å²) in [5, 5.41) is 31.7. The van der Waals surface area contributed by atoms with E-state index < -0.39 is 24.3 Å². The molecule has 0 bridgehead atoms. The highest BCUT2D eigenvalue weighted by Crippen LogP contribution is 2.40. The second kappa shape index (κ2) is 15.8. The number of carbonyl (C=O) groups is 2. The lowest BCUT2D eigenvalue weighted by Crippen LogP contribution is -2.34. The largest absolute Gasteiger partial charge is 0.462 e. The maximum absolute atomic E-state index is 13.0. The molecule has 1 fully saturated rings. The molecule has 0 aromatic heterocycles. The Balaban J connectivity index is 2.32. The number of nitriles is 1. The quantitative estimate of drug-likeness (QED) is 0.404. The molecule has 9 atom stereocenters. The van der Waals surface area contributed by atoms with Crippen molar-refractivity contribution in [1.29, 1.82) is 5.26 Å². The van der Waals surface area contributed by atoms with Gasteiger partial charge in [-0.25, -0.2) is 0 Å². The molecule has 2 N–H and O–H groups in total. The molecule has 0 aromatic rings. The summed E-state index contributed by atoms with van der Waals surface area (Å²) >= 11 is 1.35. The average Bonchev–Trinajstić information content (AvgIpc) is 3.31. The van der Waals surface area contributed by atoms with Gasteiger partial charge >= 0.3 is 5.97 Å². The Labute approximate surface area is 234 Å². The van der Waals surface area contributed by atoms with Crippen molar-refractivity contribution in [3.63, 3.8) is 0 Å². The van der Waals surface area contributed by atoms with Gasteiger partial charge in [0.2, 0.25) is 0 Å². The van der Waals surface area contributed by atoms with Crippen LogP contribution in [0.5, 0.6) is 0 Å². The standard InChI is InChI=1S/C31H49NO5S/c1-19(2)38-31(36)26-12-9-11-25(26)28-13-8-7-10-24(18-32)30(35)23(6)16-21(4)14-20(3)15-22(5)27(33)17-29(34)37-28/h7-8,10,19-23,25-28,30,33,35H,9,11-17H2,1-6H3/b8-7+,24-10-/t20-,21+,22-,23-,25+,26+,27-,28-,30+/m0/s1. The number of nitrogens with zero attached hydrogens (tertiary/aromatic N) is 1. The van der Waals surface area contributed by atoms with Gasteiger partial charge in [-0.15, -0.1) is 0 Å². The van der Waals surface area contributed by atoms with Gasteiger partial charge in [0.15, 0.2) is 5.12 Å². The van der Waals surface area contributed by atoms with Crippen molar-refractivity contribution in [2.75, 3.05) is 0 Å². The first-order valence-electron chi connectivity index (χ1n) is 14.5. The fraction of sp³-hybridized carbons (Fsp3) is 0.774. The summed E-state index contributed by atoms with van der Waals surface area (Å²) in [6, 6.07) is 2.15. The van der Waals surface area contributed by atoms with Crippen molar-refractivity contribution in [2.24, 2.45) is 35.5 Å². The van der Waals surface area contributed by atoms with Crippen LogP contribution in [0.15, 0.2) is 23.8 Å². The van der Waals surface area contributed by atoms with Crippen LogP contribution in [0.25, 0.3) is 0 Å². The average molecular weight is 548 g/mol. The number of rotatable bonds is 3. The Morgan fingerprint density at radius 1 is 1.08 bits per heavy atom. The van der Waals surface area contributed by atoms with E-state index in [4.69, 9.17) is 4.74 Å². The Morgan fingerprint density at radius 2 is 1.74 bits per heavy atom. The zero-order chi connectivity index (χ0) is 28.4. The zero-order valence-corrected chi connectivity index (χ0v) is 25.0. The number of carbonyl (C=O) groups excluding carboxylic acids is 2. The summed E-state index contributed by atoms with van der Waals surface area (Å²) in [7, 11) is 0. The predicted octanol–water partition coefficient (Wildman–Crippen LogP) is 6.22. The molecule has 0 spiro atoms. The minimum absolute atomic E-state index is 0.0543. The molecule has 38 heavy (non-hydrogen) atoms. The van der Waals surface area contributed by atoms with Crippen molar-refractivity contribution in [3.05, 3.63) is 23.8 Å². The minimum Gasteiger partial charge on any atom is -0.462 e. The Bertz CT molecular complexity index is 878. The fourth-order valence-corrected chi connectivity index (χ4v) is 7.20. The van der Waals surface area contributed by atoms with Crippen molar-refractivity contribution in [2.45, 2.75) is 116 Å². The SMILES string of the molecule is CC(C)SC(=O)[C@@H]1CCC[C@H]1[C@@H]1C/C=C/C=C(/C#N)[C@H](O)[C@@H](C)C[C@H](C)C[C@H](C)C[C@H](C)[C@@H](O)CC(=O)O1. The number of aliphatic hydroxyl groups is 2. The number of thioether (sulfide) groups is 1. The van der Waals surface area contributed by atoms with E-state index in [2.05, 4.69) is 19.9 Å². The minimum atomic E-state index is -0.847. The van der Waals surface area contributed by atoms with Crippen molar-refractivity contribution < 1.29 is 24.5 Å². The third-order valence-corrected chi connectivity index (χ3v) is 9.14. The van der Waals surface area contributed by atoms with Gasteiger partial charge in [0, 0.05) is 23.5 Å². The van der Waals surface area contributed by atoms with Gasteiger partial charge in [0.1, 0.15) is 6.10 Å². The second-order valence-corrected chi connectivity index (χ2v) is 13.8. The Kier molecular flexibility index (Phi) is 13.6. The van der Waals surface area contributed by atoms with E-state index in [0.29, 0.717) is 23.8 Å². The molecule has 1 heterocycles. The predicted molar refractivity (Wildman–Crippen MR) is 153 cm³/mol. The second-order valence-electron chi connectivity index (χ2n) is 12.2. The summed E-state index contributed by atoms with van der Waals surface area (Å²) in [6.45, 7) is 12.3. The first kappa shape index (κ1) is 32.6. The van der Waals surface area contributed by atoms with Gasteiger partial charge in [0.05, 0.1) is 30.3 Å². The van der Waals surface area contributed by atoms with E-state index in [1.54, 1.807) is 12.2 Å². The van der Waals surface area contributed by atoms with Gasteiger partial charge in [-0.3, -0.25) is 9.59 Å². The summed E-state index contributed by atoms with van der Waals surface area (Å²) in [4.78, 5) is 26.0. The number of allylic oxidation sites excluding steroid dienone is 2. The lowest BCUT2D eigenvalue weighted by Gasteiger charge is -2.29. The van der Waals surface area contributed by atoms with Gasteiger partial charge in [-0.05, 0) is 61.9 Å². The summed E-state index contributed by atoms with van der Waals surface area (Å²) < 4.78 is 5.97. The number of esters is 1. The van der Waals surface area contributed by atoms with Crippen LogP contribution in [0.1, 0.15) is 92.9 Å². The first-order valence-corrected chi connectivity index (χ1v) is 15.3. The zero-order valence-electron chi connectivity index (χ0n) is 24.1. The Hall–Kier alpha value is -1.62. The molecular formula is C31H49NO5S. The van der Waals surface area contributed by atoms with Crippen LogP contribution in [-0.4, -0.2) is 44.9 Å². The molecule has 2 aliphatic rings. The van der Waals surface area contributed by atoms with E-state index in [0.717, 1.165) is 38.5 Å². The number of ether oxygens (including phenoxy) is 1. The van der Waals surface area contributed by atoms with Gasteiger partial charge in [-0.1, -0.05) is 71.9 Å². The van der Waals surface area contributed by atoms with Crippen LogP contribution in [-0.2, 0) is 14.3 Å². The van der Waals surface area contributed by atoms with E-state index >= 15 is 0 Å². The third kappa shape index (κ3) is 10.2. The van der Waals surface area contributed by atoms with Crippen LogP contribution in [0.4, 0.5) is 0 Å². The highest BCUT2D eigenvalue weighted by Gasteiger charge is 2.40. The molecule has 7 heteroatoms. The van der Waals surface area contributed by atoms with Gasteiger partial charge in [-0.2, -0.15) is 5.26 Å². The summed E-state index contributed by atoms with van der Waals surface area (Å²) in [5.41, 5.74) is 0.322. The highest BCUT2D eigenvalue weighted by atomic mass is 32.2. The van der Waals surface area contributed by atoms with E-state index in [1.807, 2.05) is 33.8 Å². The molecule has 2 rings (SSSR count). The lowest BCUT2D eigenvalue weighted by molar-refractivity contribution is -0.156. The molecule has 1 saturated carbocycles. The molecule has 0 amide bonds. The number of aliphatic hydroxyl groups excluding tert-OH is 2. The van der Waals surface area contributed by atoms with Crippen LogP contribution in [0, 0.1) is 46.8 Å². The van der Waals surface area contributed by atoms with E-state index in [1.165, 1.54) is 11.8 Å². The lowest BCUT2D eigenvalue weighted by atomic mass is 9.82. The summed E-state index contributed by atoms with van der Waals surface area (Å²) in [6.07, 6.45) is 8.53. The van der Waals surface area contributed by atoms with Crippen LogP contribution < -0.4 is 0 Å². The molecule has 0 radical (unpaired) electrons. The van der Waals surface area contributed by atoms with Gasteiger partial charge < -0.3 is 14.9 Å². The maximum atomic E-state index is 13.0. The van der Waals surface area contributed by atoms with Crippen LogP contribution >= 0.6 is 11.8 Å². The fourth-order valence-electron chi connectivity index (χ4n) is 6.27. The Morgan fingerprint density at radius 3 is 2.37 bits per heavy atom. The normalized spacial score (nSPS) is 38.8. The third-order valence-electron chi connectivity index (χ3n) is 8.14. The number of hydrogen-bond donors (Lipinski definition) is 2. The molecule has 6 nitrogen and oxygen atoms in total. The molecular weight excluding hydrogens is 498 g/mol. The molecule has 214 valence electrons. The first-order chi connectivity index (χ1) is 17.9. The number of cyclic esters (lactones) is 1. The van der Waals surface area contributed by atoms with Crippen LogP contribution in [0.2, 0.25) is 0 Å². The monoisotopic (exact) mass is 547 g/mol.